The van der Waals surface area contributed by atoms with Crippen molar-refractivity contribution in [3.05, 3.63) is 72.1 Å². The molecule has 0 aliphatic rings. The molecule has 0 radical (unpaired) electrons. The molecule has 4 rings (SSSR count). The lowest BCUT2D eigenvalue weighted by Gasteiger charge is -2.24. The maximum absolute atomic E-state index is 13.6. The van der Waals surface area contributed by atoms with Gasteiger partial charge in [-0.3, -0.25) is 19.2 Å². The average molecular weight is 563 g/mol. The number of fused-ring (bicyclic) bond motifs is 2. The van der Waals surface area contributed by atoms with Crippen LogP contribution in [0.5, 0.6) is 0 Å². The number of rotatable bonds is 13. The molecule has 4 aromatic rings. The van der Waals surface area contributed by atoms with Gasteiger partial charge in [-0.2, -0.15) is 0 Å². The molecule has 0 aliphatic heterocycles. The van der Waals surface area contributed by atoms with Crippen molar-refractivity contribution in [1.29, 1.82) is 0 Å². The van der Waals surface area contributed by atoms with E-state index in [2.05, 4.69) is 25.9 Å². The van der Waals surface area contributed by atoms with Crippen LogP contribution in [-0.4, -0.2) is 74.5 Å². The summed E-state index contributed by atoms with van der Waals surface area (Å²) in [6.45, 7) is -0.369. The monoisotopic (exact) mass is 562 g/mol. The summed E-state index contributed by atoms with van der Waals surface area (Å²) in [4.78, 5) is 68.1. The third-order valence-corrected chi connectivity index (χ3v) is 6.66. The van der Waals surface area contributed by atoms with Crippen LogP contribution in [0.3, 0.4) is 0 Å². The number of carbonyl (C=O) groups is 5. The summed E-state index contributed by atoms with van der Waals surface area (Å²) in [7, 11) is 0. The number of carboxylic acid groups (broad SMARTS) is 2. The van der Waals surface area contributed by atoms with Crippen LogP contribution in [0.2, 0.25) is 0 Å². The van der Waals surface area contributed by atoms with Gasteiger partial charge in [0.25, 0.3) is 0 Å². The molecule has 0 saturated carbocycles. The van der Waals surface area contributed by atoms with Crippen molar-refractivity contribution < 1.29 is 34.2 Å². The number of benzene rings is 2. The minimum absolute atomic E-state index is 0.0500. The second-order valence-corrected chi connectivity index (χ2v) is 9.51. The van der Waals surface area contributed by atoms with Crippen molar-refractivity contribution in [2.24, 2.45) is 5.73 Å². The average Bonchev–Trinajstić information content (AvgIpc) is 3.55. The Morgan fingerprint density at radius 3 is 1.63 bits per heavy atom. The van der Waals surface area contributed by atoms with Crippen LogP contribution in [-0.2, 0) is 36.8 Å². The predicted octanol–water partition coefficient (Wildman–Crippen LogP) is 0.407. The fourth-order valence-corrected chi connectivity index (χ4v) is 4.63. The van der Waals surface area contributed by atoms with E-state index in [1.807, 2.05) is 42.5 Å². The molecule has 13 nitrogen and oxygen atoms in total. The van der Waals surface area contributed by atoms with Crippen LogP contribution in [0, 0.1) is 0 Å². The third-order valence-electron chi connectivity index (χ3n) is 6.66. The number of carbonyl (C=O) groups excluding carboxylic acids is 3. The Morgan fingerprint density at radius 2 is 1.17 bits per heavy atom. The van der Waals surface area contributed by atoms with E-state index in [1.165, 1.54) is 0 Å². The predicted molar refractivity (Wildman–Crippen MR) is 149 cm³/mol. The molecule has 0 aliphatic carbocycles. The molecular formula is C28H30N6O7. The Balaban J connectivity index is 1.62. The van der Waals surface area contributed by atoms with Crippen molar-refractivity contribution in [1.82, 2.24) is 25.9 Å². The maximum Gasteiger partial charge on any atom is 0.326 e. The van der Waals surface area contributed by atoms with Crippen LogP contribution >= 0.6 is 0 Å². The van der Waals surface area contributed by atoms with Gasteiger partial charge in [0, 0.05) is 47.0 Å². The van der Waals surface area contributed by atoms with Gasteiger partial charge in [0.1, 0.15) is 18.1 Å². The van der Waals surface area contributed by atoms with Crippen LogP contribution in [0.15, 0.2) is 60.9 Å². The van der Waals surface area contributed by atoms with Crippen molar-refractivity contribution in [3.8, 4) is 0 Å². The molecule has 214 valence electrons. The first kappa shape index (κ1) is 28.8. The van der Waals surface area contributed by atoms with E-state index in [9.17, 15) is 29.1 Å². The second-order valence-electron chi connectivity index (χ2n) is 9.51. The van der Waals surface area contributed by atoms with E-state index >= 15 is 0 Å². The SMILES string of the molecule is NCC(=O)NC(Cc1c[nH]c2ccccc12)C(=O)NC(Cc1c[nH]c2ccccc12)C(=O)NC(CC(=O)O)C(=O)O. The highest BCUT2D eigenvalue weighted by atomic mass is 16.4. The molecule has 2 aromatic carbocycles. The molecule has 0 fully saturated rings. The number of aliphatic carboxylic acids is 2. The minimum Gasteiger partial charge on any atom is -0.481 e. The number of carboxylic acids is 2. The van der Waals surface area contributed by atoms with Gasteiger partial charge < -0.3 is 41.9 Å². The van der Waals surface area contributed by atoms with E-state index in [4.69, 9.17) is 10.8 Å². The molecule has 3 amide bonds. The zero-order valence-electron chi connectivity index (χ0n) is 21.8. The molecule has 9 N–H and O–H groups in total. The van der Waals surface area contributed by atoms with Gasteiger partial charge in [0.2, 0.25) is 17.7 Å². The summed E-state index contributed by atoms with van der Waals surface area (Å²) in [6.07, 6.45) is 2.55. The summed E-state index contributed by atoms with van der Waals surface area (Å²) >= 11 is 0. The minimum atomic E-state index is -1.72. The number of hydrogen-bond donors (Lipinski definition) is 8. The number of aromatic nitrogens is 2. The van der Waals surface area contributed by atoms with E-state index in [0.717, 1.165) is 27.4 Å². The first-order valence-corrected chi connectivity index (χ1v) is 12.8. The summed E-state index contributed by atoms with van der Waals surface area (Å²) < 4.78 is 0. The van der Waals surface area contributed by atoms with Gasteiger partial charge in [-0.05, 0) is 23.3 Å². The lowest BCUT2D eigenvalue weighted by Crippen LogP contribution is -2.57. The summed E-state index contributed by atoms with van der Waals surface area (Å²) in [5.41, 5.74) is 8.50. The largest absolute Gasteiger partial charge is 0.481 e. The Hall–Kier alpha value is -5.17. The zero-order chi connectivity index (χ0) is 29.5. The van der Waals surface area contributed by atoms with Gasteiger partial charge in [0.15, 0.2) is 0 Å². The molecule has 0 bridgehead atoms. The number of hydrogen-bond acceptors (Lipinski definition) is 6. The molecular weight excluding hydrogens is 532 g/mol. The molecule has 13 heteroatoms. The molecule has 2 aromatic heterocycles. The van der Waals surface area contributed by atoms with Crippen molar-refractivity contribution in [2.75, 3.05) is 6.54 Å². The zero-order valence-corrected chi connectivity index (χ0v) is 21.8. The highest BCUT2D eigenvalue weighted by Crippen LogP contribution is 2.21. The number of amides is 3. The Labute approximate surface area is 233 Å². The summed E-state index contributed by atoms with van der Waals surface area (Å²) in [5.74, 6) is -5.14. The van der Waals surface area contributed by atoms with Gasteiger partial charge in [-0.1, -0.05) is 36.4 Å². The van der Waals surface area contributed by atoms with Gasteiger partial charge in [0.05, 0.1) is 13.0 Å². The van der Waals surface area contributed by atoms with Crippen molar-refractivity contribution in [3.63, 3.8) is 0 Å². The maximum atomic E-state index is 13.6. The van der Waals surface area contributed by atoms with Crippen LogP contribution < -0.4 is 21.7 Å². The van der Waals surface area contributed by atoms with Gasteiger partial charge >= 0.3 is 11.9 Å². The van der Waals surface area contributed by atoms with E-state index in [-0.39, 0.29) is 19.4 Å². The second kappa shape index (κ2) is 12.8. The quantitative estimate of drug-likeness (QED) is 0.114. The van der Waals surface area contributed by atoms with Crippen LogP contribution in [0.25, 0.3) is 21.8 Å². The molecule has 2 heterocycles. The number of nitrogens with one attached hydrogen (secondary N) is 5. The standard InChI is InChI=1S/C28H30N6O7/c29-12-24(35)32-21(9-15-13-30-19-7-3-1-5-17(15)19)26(38)33-22(27(39)34-23(28(40)41)11-25(36)37)10-16-14-31-20-8-4-2-6-18(16)20/h1-8,13-14,21-23,30-31H,9-12,29H2,(H,32,35)(H,33,38)(H,34,39)(H,36,37)(H,40,41). The lowest BCUT2D eigenvalue weighted by atomic mass is 10.0. The number of aromatic amines is 2. The summed E-state index contributed by atoms with van der Waals surface area (Å²) in [5, 5.41) is 27.6. The summed E-state index contributed by atoms with van der Waals surface area (Å²) in [6, 6.07) is 10.6. The number of nitrogens with two attached hydrogens (primary N) is 1. The Kier molecular flexibility index (Phi) is 8.99. The fraction of sp³-hybridized carbons (Fsp3) is 0.250. The van der Waals surface area contributed by atoms with Crippen LogP contribution in [0.4, 0.5) is 0 Å². The van der Waals surface area contributed by atoms with Crippen molar-refractivity contribution >= 4 is 51.5 Å². The van der Waals surface area contributed by atoms with Gasteiger partial charge in [-0.15, -0.1) is 0 Å². The molecule has 3 unspecified atom stereocenters. The Morgan fingerprint density at radius 1 is 0.707 bits per heavy atom. The number of para-hydroxylation sites is 2. The topological polar surface area (TPSA) is 219 Å². The van der Waals surface area contributed by atoms with E-state index < -0.39 is 54.2 Å². The molecule has 0 spiro atoms. The third kappa shape index (κ3) is 7.08. The first-order chi connectivity index (χ1) is 19.7. The normalized spacial score (nSPS) is 13.3. The molecule has 41 heavy (non-hydrogen) atoms. The van der Waals surface area contributed by atoms with Gasteiger partial charge in [-0.25, -0.2) is 4.79 Å². The fourth-order valence-electron chi connectivity index (χ4n) is 4.63. The van der Waals surface area contributed by atoms with Crippen LogP contribution in [0.1, 0.15) is 17.5 Å². The van der Waals surface area contributed by atoms with Crippen molar-refractivity contribution in [2.45, 2.75) is 37.4 Å². The number of H-pyrrole nitrogens is 2. The Bertz CT molecular complexity index is 1590. The smallest absolute Gasteiger partial charge is 0.326 e. The highest BCUT2D eigenvalue weighted by molar-refractivity contribution is 5.95. The lowest BCUT2D eigenvalue weighted by molar-refractivity contribution is -0.147. The first-order valence-electron chi connectivity index (χ1n) is 12.8. The van der Waals surface area contributed by atoms with E-state index in [1.54, 1.807) is 18.5 Å². The molecule has 3 atom stereocenters. The highest BCUT2D eigenvalue weighted by Gasteiger charge is 2.31. The van der Waals surface area contributed by atoms with E-state index in [0.29, 0.717) is 5.56 Å². The molecule has 0 saturated heterocycles.